The molecule has 0 aromatic heterocycles. The summed E-state index contributed by atoms with van der Waals surface area (Å²) < 4.78 is 14.8. The van der Waals surface area contributed by atoms with Gasteiger partial charge in [-0.25, -0.2) is 4.39 Å². The average molecular weight is 392 g/mol. The van der Waals surface area contributed by atoms with Crippen molar-refractivity contribution in [1.82, 2.24) is 0 Å². The highest BCUT2D eigenvalue weighted by atomic mass is 79.9. The fourth-order valence-corrected chi connectivity index (χ4v) is 3.50. The average Bonchev–Trinajstić information content (AvgIpc) is 2.28. The van der Waals surface area contributed by atoms with Crippen molar-refractivity contribution in [2.45, 2.75) is 11.2 Å². The summed E-state index contributed by atoms with van der Waals surface area (Å²) in [5.41, 5.74) is 1.63. The summed E-state index contributed by atoms with van der Waals surface area (Å²) in [7, 11) is 0. The summed E-state index contributed by atoms with van der Waals surface area (Å²) >= 11 is 13.0. The van der Waals surface area contributed by atoms with Gasteiger partial charge in [0.2, 0.25) is 0 Å². The molecule has 0 spiro atoms. The van der Waals surface area contributed by atoms with E-state index in [0.29, 0.717) is 17.0 Å². The number of alkyl halides is 1. The van der Waals surface area contributed by atoms with E-state index >= 15 is 0 Å². The smallest absolute Gasteiger partial charge is 0.129 e. The van der Waals surface area contributed by atoms with Crippen LogP contribution in [0.2, 0.25) is 5.02 Å². The van der Waals surface area contributed by atoms with Crippen molar-refractivity contribution < 1.29 is 4.39 Å². The Kier molecular flexibility index (Phi) is 4.82. The van der Waals surface area contributed by atoms with E-state index in [9.17, 15) is 4.39 Å². The minimum absolute atomic E-state index is 0.138. The lowest BCUT2D eigenvalue weighted by Gasteiger charge is -2.13. The normalized spacial score (nSPS) is 12.4. The van der Waals surface area contributed by atoms with E-state index in [2.05, 4.69) is 31.9 Å². The SMILES string of the molecule is Fc1cccc(Cl)c1C(Br)Cc1cccc(Br)c1. The maximum absolute atomic E-state index is 13.8. The third-order valence-corrected chi connectivity index (χ3v) is 4.22. The second kappa shape index (κ2) is 6.18. The Morgan fingerprint density at radius 2 is 1.89 bits per heavy atom. The van der Waals surface area contributed by atoms with E-state index in [1.165, 1.54) is 6.07 Å². The van der Waals surface area contributed by atoms with Crippen molar-refractivity contribution in [2.75, 3.05) is 0 Å². The highest BCUT2D eigenvalue weighted by Crippen LogP contribution is 2.34. The van der Waals surface area contributed by atoms with Gasteiger partial charge in [-0.2, -0.15) is 0 Å². The first-order valence-electron chi connectivity index (χ1n) is 5.40. The van der Waals surface area contributed by atoms with E-state index in [1.807, 2.05) is 24.3 Å². The number of hydrogen-bond donors (Lipinski definition) is 0. The number of halogens is 4. The molecule has 18 heavy (non-hydrogen) atoms. The molecule has 1 atom stereocenters. The molecule has 0 radical (unpaired) electrons. The van der Waals surface area contributed by atoms with E-state index in [-0.39, 0.29) is 10.6 Å². The molecule has 0 amide bonds. The van der Waals surface area contributed by atoms with Crippen LogP contribution in [0, 0.1) is 5.82 Å². The third kappa shape index (κ3) is 3.34. The van der Waals surface area contributed by atoms with Crippen molar-refractivity contribution in [1.29, 1.82) is 0 Å². The largest absolute Gasteiger partial charge is 0.207 e. The zero-order valence-corrected chi connectivity index (χ0v) is 13.3. The van der Waals surface area contributed by atoms with Crippen LogP contribution in [0.15, 0.2) is 46.9 Å². The summed E-state index contributed by atoms with van der Waals surface area (Å²) in [6, 6.07) is 12.7. The Hall–Kier alpha value is -0.380. The molecule has 0 saturated carbocycles. The Labute approximate surface area is 127 Å². The van der Waals surface area contributed by atoms with Crippen molar-refractivity contribution >= 4 is 43.5 Å². The van der Waals surface area contributed by atoms with Gasteiger partial charge in [0.1, 0.15) is 5.82 Å². The van der Waals surface area contributed by atoms with Crippen LogP contribution in [-0.4, -0.2) is 0 Å². The van der Waals surface area contributed by atoms with E-state index in [1.54, 1.807) is 12.1 Å². The van der Waals surface area contributed by atoms with Gasteiger partial charge in [0.15, 0.2) is 0 Å². The van der Waals surface area contributed by atoms with Crippen LogP contribution in [-0.2, 0) is 6.42 Å². The fraction of sp³-hybridized carbons (Fsp3) is 0.143. The second-order valence-corrected chi connectivity index (χ2v) is 6.37. The van der Waals surface area contributed by atoms with Crippen LogP contribution in [0.4, 0.5) is 4.39 Å². The zero-order valence-electron chi connectivity index (χ0n) is 9.34. The number of benzene rings is 2. The number of rotatable bonds is 3. The summed E-state index contributed by atoms with van der Waals surface area (Å²) in [5.74, 6) is -0.278. The predicted octanol–water partition coefficient (Wildman–Crippen LogP) is 5.92. The van der Waals surface area contributed by atoms with Crippen molar-refractivity contribution in [3.8, 4) is 0 Å². The molecule has 0 saturated heterocycles. The molecule has 94 valence electrons. The Morgan fingerprint density at radius 1 is 1.17 bits per heavy atom. The summed E-state index contributed by atoms with van der Waals surface area (Å²) in [6.45, 7) is 0. The molecule has 2 aromatic carbocycles. The van der Waals surface area contributed by atoms with Crippen LogP contribution in [0.1, 0.15) is 16.0 Å². The van der Waals surface area contributed by atoms with Gasteiger partial charge < -0.3 is 0 Å². The first kappa shape index (κ1) is 14.0. The summed E-state index contributed by atoms with van der Waals surface area (Å²) in [4.78, 5) is -0.138. The van der Waals surface area contributed by atoms with Gasteiger partial charge in [-0.05, 0) is 36.2 Å². The van der Waals surface area contributed by atoms with E-state index in [4.69, 9.17) is 11.6 Å². The van der Waals surface area contributed by atoms with Gasteiger partial charge in [0, 0.05) is 19.9 Å². The molecule has 0 nitrogen and oxygen atoms in total. The maximum Gasteiger partial charge on any atom is 0.129 e. The first-order valence-corrected chi connectivity index (χ1v) is 7.49. The molecule has 0 N–H and O–H groups in total. The number of hydrogen-bond acceptors (Lipinski definition) is 0. The standard InChI is InChI=1S/C14H10Br2ClF/c15-10-4-1-3-9(7-10)8-11(16)14-12(17)5-2-6-13(14)18/h1-7,11H,8H2. The Balaban J connectivity index is 2.25. The van der Waals surface area contributed by atoms with E-state index < -0.39 is 0 Å². The van der Waals surface area contributed by atoms with Crippen molar-refractivity contribution in [3.05, 3.63) is 68.9 Å². The van der Waals surface area contributed by atoms with Gasteiger partial charge in [0.05, 0.1) is 0 Å². The molecule has 2 aromatic rings. The molecular weight excluding hydrogens is 382 g/mol. The van der Waals surface area contributed by atoms with Crippen molar-refractivity contribution in [3.63, 3.8) is 0 Å². The summed E-state index contributed by atoms with van der Waals surface area (Å²) in [5, 5.41) is 0.451. The summed E-state index contributed by atoms with van der Waals surface area (Å²) in [6.07, 6.45) is 0.681. The fourth-order valence-electron chi connectivity index (χ4n) is 1.78. The minimum atomic E-state index is -0.278. The van der Waals surface area contributed by atoms with Crippen molar-refractivity contribution in [2.24, 2.45) is 0 Å². The van der Waals surface area contributed by atoms with Gasteiger partial charge in [0.25, 0.3) is 0 Å². The van der Waals surface area contributed by atoms with Gasteiger partial charge >= 0.3 is 0 Å². The molecule has 0 aliphatic rings. The lowest BCUT2D eigenvalue weighted by atomic mass is 10.0. The lowest BCUT2D eigenvalue weighted by Crippen LogP contribution is -1.99. The minimum Gasteiger partial charge on any atom is -0.207 e. The molecule has 0 aliphatic carbocycles. The first-order chi connectivity index (χ1) is 8.58. The molecule has 0 bridgehead atoms. The third-order valence-electron chi connectivity index (χ3n) is 2.62. The van der Waals surface area contributed by atoms with Crippen LogP contribution in [0.5, 0.6) is 0 Å². The van der Waals surface area contributed by atoms with E-state index in [0.717, 1.165) is 10.0 Å². The molecular formula is C14H10Br2ClF. The zero-order chi connectivity index (χ0) is 13.1. The second-order valence-electron chi connectivity index (χ2n) is 3.94. The van der Waals surface area contributed by atoms with Crippen LogP contribution in [0.25, 0.3) is 0 Å². The molecule has 4 heteroatoms. The van der Waals surface area contributed by atoms with Gasteiger partial charge in [-0.15, -0.1) is 0 Å². The molecule has 2 rings (SSSR count). The maximum atomic E-state index is 13.8. The van der Waals surface area contributed by atoms with Crippen LogP contribution >= 0.6 is 43.5 Å². The highest BCUT2D eigenvalue weighted by Gasteiger charge is 2.16. The highest BCUT2D eigenvalue weighted by molar-refractivity contribution is 9.10. The van der Waals surface area contributed by atoms with Gasteiger partial charge in [-0.1, -0.05) is 61.7 Å². The Morgan fingerprint density at radius 3 is 2.56 bits per heavy atom. The Bertz CT molecular complexity index is 537. The lowest BCUT2D eigenvalue weighted by molar-refractivity contribution is 0.608. The van der Waals surface area contributed by atoms with Crippen LogP contribution in [0.3, 0.4) is 0 Å². The molecule has 0 fully saturated rings. The molecule has 0 aliphatic heterocycles. The quantitative estimate of drug-likeness (QED) is 0.569. The predicted molar refractivity (Wildman–Crippen MR) is 80.9 cm³/mol. The molecule has 1 unspecified atom stereocenters. The van der Waals surface area contributed by atoms with Gasteiger partial charge in [-0.3, -0.25) is 0 Å². The van der Waals surface area contributed by atoms with Crippen LogP contribution < -0.4 is 0 Å². The monoisotopic (exact) mass is 390 g/mol. The topological polar surface area (TPSA) is 0 Å². The molecule has 0 heterocycles.